The number of benzene rings is 1. The lowest BCUT2D eigenvalue weighted by atomic mass is 10.3. The standard InChI is InChI=1S/C19H22N4S2/c1-2-3-9-15-14-20-18(21-15)24-12-7-4-8-13-25-19-22-16-10-5-6-11-17(16)23-19/h2-3,5-6,9-11,14H,1,4,7-8,12-13H2,(H,20,21)(H,22,23)/b9-3-. The van der Waals surface area contributed by atoms with Crippen molar-refractivity contribution < 1.29 is 0 Å². The molecule has 0 aliphatic carbocycles. The lowest BCUT2D eigenvalue weighted by molar-refractivity contribution is 0.783. The molecule has 130 valence electrons. The molecule has 2 heterocycles. The van der Waals surface area contributed by atoms with Gasteiger partial charge in [0.2, 0.25) is 0 Å². The van der Waals surface area contributed by atoms with Crippen LogP contribution in [0.5, 0.6) is 0 Å². The third kappa shape index (κ3) is 5.54. The van der Waals surface area contributed by atoms with E-state index in [1.165, 1.54) is 19.3 Å². The molecule has 3 aromatic rings. The first-order valence-corrected chi connectivity index (χ1v) is 10.4. The fraction of sp³-hybridized carbons (Fsp3) is 0.263. The van der Waals surface area contributed by atoms with Gasteiger partial charge < -0.3 is 9.97 Å². The minimum absolute atomic E-state index is 0.986. The third-order valence-corrected chi connectivity index (χ3v) is 5.55. The summed E-state index contributed by atoms with van der Waals surface area (Å²) in [6.07, 6.45) is 11.1. The second-order valence-electron chi connectivity index (χ2n) is 5.56. The molecule has 0 atom stereocenters. The van der Waals surface area contributed by atoms with Crippen molar-refractivity contribution >= 4 is 40.6 Å². The Morgan fingerprint density at radius 3 is 2.60 bits per heavy atom. The quantitative estimate of drug-likeness (QED) is 0.279. The van der Waals surface area contributed by atoms with Gasteiger partial charge in [0.05, 0.1) is 22.9 Å². The summed E-state index contributed by atoms with van der Waals surface area (Å²) in [5.41, 5.74) is 3.17. The van der Waals surface area contributed by atoms with E-state index in [0.717, 1.165) is 38.5 Å². The molecule has 0 amide bonds. The molecule has 0 radical (unpaired) electrons. The zero-order valence-corrected chi connectivity index (χ0v) is 15.7. The van der Waals surface area contributed by atoms with Crippen LogP contribution in [0.3, 0.4) is 0 Å². The molecule has 0 fully saturated rings. The van der Waals surface area contributed by atoms with Crippen LogP contribution >= 0.6 is 23.5 Å². The number of hydrogen-bond acceptors (Lipinski definition) is 4. The van der Waals surface area contributed by atoms with Gasteiger partial charge in [-0.1, -0.05) is 60.8 Å². The number of nitrogens with one attached hydrogen (secondary N) is 2. The number of rotatable bonds is 10. The largest absolute Gasteiger partial charge is 0.333 e. The van der Waals surface area contributed by atoms with E-state index in [-0.39, 0.29) is 0 Å². The lowest BCUT2D eigenvalue weighted by Crippen LogP contribution is -1.86. The summed E-state index contributed by atoms with van der Waals surface area (Å²) in [5.74, 6) is 2.19. The van der Waals surface area contributed by atoms with Gasteiger partial charge in [-0.25, -0.2) is 9.97 Å². The lowest BCUT2D eigenvalue weighted by Gasteiger charge is -1.99. The molecule has 0 aliphatic rings. The van der Waals surface area contributed by atoms with E-state index < -0.39 is 0 Å². The van der Waals surface area contributed by atoms with E-state index >= 15 is 0 Å². The number of unbranched alkanes of at least 4 members (excludes halogenated alkanes) is 2. The molecular weight excluding hydrogens is 348 g/mol. The maximum Gasteiger partial charge on any atom is 0.166 e. The zero-order valence-electron chi connectivity index (χ0n) is 14.1. The molecule has 0 saturated heterocycles. The van der Waals surface area contributed by atoms with Gasteiger partial charge in [0, 0.05) is 11.5 Å². The first-order chi connectivity index (χ1) is 12.3. The van der Waals surface area contributed by atoms with E-state index in [1.807, 2.05) is 36.5 Å². The number of nitrogens with zero attached hydrogens (tertiary/aromatic N) is 2. The Bertz CT molecular complexity index is 802. The maximum atomic E-state index is 4.59. The first-order valence-electron chi connectivity index (χ1n) is 8.39. The fourth-order valence-electron chi connectivity index (χ4n) is 2.36. The maximum absolute atomic E-state index is 4.59. The van der Waals surface area contributed by atoms with Crippen LogP contribution in [0, 0.1) is 0 Å². The van der Waals surface area contributed by atoms with Crippen molar-refractivity contribution in [2.45, 2.75) is 29.6 Å². The molecule has 2 N–H and O–H groups in total. The van der Waals surface area contributed by atoms with Gasteiger partial charge in [-0.2, -0.15) is 0 Å². The zero-order chi connectivity index (χ0) is 17.3. The topological polar surface area (TPSA) is 57.4 Å². The number of hydrogen-bond donors (Lipinski definition) is 2. The molecule has 4 nitrogen and oxygen atoms in total. The molecule has 25 heavy (non-hydrogen) atoms. The van der Waals surface area contributed by atoms with Crippen molar-refractivity contribution in [3.05, 3.63) is 54.9 Å². The van der Waals surface area contributed by atoms with E-state index in [4.69, 9.17) is 0 Å². The average Bonchev–Trinajstić information content (AvgIpc) is 3.25. The normalized spacial score (nSPS) is 11.5. The number of imidazole rings is 2. The van der Waals surface area contributed by atoms with Crippen LogP contribution in [0.15, 0.2) is 59.5 Å². The van der Waals surface area contributed by atoms with Gasteiger partial charge in [0.25, 0.3) is 0 Å². The molecule has 0 spiro atoms. The van der Waals surface area contributed by atoms with Crippen LogP contribution in [0.25, 0.3) is 17.1 Å². The SMILES string of the molecule is C=C/C=C\c1cnc(SCCCCCSc2nc3ccccc3[nH]2)[nH]1. The fourth-order valence-corrected chi connectivity index (χ4v) is 4.11. The molecule has 0 aliphatic heterocycles. The second-order valence-corrected chi connectivity index (χ2v) is 7.72. The van der Waals surface area contributed by atoms with Gasteiger partial charge in [-0.05, 0) is 31.1 Å². The minimum atomic E-state index is 0.986. The molecule has 2 aromatic heterocycles. The summed E-state index contributed by atoms with van der Waals surface area (Å²) in [5, 5.41) is 2.01. The van der Waals surface area contributed by atoms with Crippen LogP contribution in [0.2, 0.25) is 0 Å². The first kappa shape index (κ1) is 17.9. The molecule has 1 aromatic carbocycles. The molecule has 6 heteroatoms. The van der Waals surface area contributed by atoms with Crippen molar-refractivity contribution in [3.8, 4) is 0 Å². The van der Waals surface area contributed by atoms with Gasteiger partial charge in [-0.15, -0.1) is 0 Å². The highest BCUT2D eigenvalue weighted by Gasteiger charge is 2.02. The summed E-state index contributed by atoms with van der Waals surface area (Å²) in [6.45, 7) is 3.66. The van der Waals surface area contributed by atoms with E-state index in [2.05, 4.69) is 32.6 Å². The highest BCUT2D eigenvalue weighted by Crippen LogP contribution is 2.21. The number of para-hydroxylation sites is 2. The molecule has 0 unspecified atom stereocenters. The van der Waals surface area contributed by atoms with E-state index in [1.54, 1.807) is 29.6 Å². The summed E-state index contributed by atoms with van der Waals surface area (Å²) in [7, 11) is 0. The Balaban J connectivity index is 1.29. The third-order valence-electron chi connectivity index (χ3n) is 3.62. The summed E-state index contributed by atoms with van der Waals surface area (Å²) >= 11 is 3.58. The predicted molar refractivity (Wildman–Crippen MR) is 109 cm³/mol. The van der Waals surface area contributed by atoms with Crippen LogP contribution in [0.1, 0.15) is 25.0 Å². The van der Waals surface area contributed by atoms with Crippen molar-refractivity contribution in [3.63, 3.8) is 0 Å². The Labute approximate surface area is 156 Å². The molecule has 0 bridgehead atoms. The Morgan fingerprint density at radius 2 is 1.80 bits per heavy atom. The second kappa shape index (κ2) is 9.53. The van der Waals surface area contributed by atoms with Crippen LogP contribution < -0.4 is 0 Å². The Kier molecular flexibility index (Phi) is 6.82. The number of fused-ring (bicyclic) bond motifs is 1. The predicted octanol–water partition coefficient (Wildman–Crippen LogP) is 5.54. The van der Waals surface area contributed by atoms with Gasteiger partial charge in [0.1, 0.15) is 0 Å². The summed E-state index contributed by atoms with van der Waals surface area (Å²) < 4.78 is 0. The average molecular weight is 371 g/mol. The minimum Gasteiger partial charge on any atom is -0.333 e. The Morgan fingerprint density at radius 1 is 1.00 bits per heavy atom. The van der Waals surface area contributed by atoms with Crippen molar-refractivity contribution in [2.24, 2.45) is 0 Å². The highest BCUT2D eigenvalue weighted by atomic mass is 32.2. The molecule has 3 rings (SSSR count). The summed E-state index contributed by atoms with van der Waals surface area (Å²) in [4.78, 5) is 15.6. The summed E-state index contributed by atoms with van der Waals surface area (Å²) in [6, 6.07) is 8.16. The van der Waals surface area contributed by atoms with Crippen molar-refractivity contribution in [1.82, 2.24) is 19.9 Å². The number of aromatic amines is 2. The number of aromatic nitrogens is 4. The number of allylic oxidation sites excluding steroid dienone is 2. The van der Waals surface area contributed by atoms with Crippen LogP contribution in [-0.4, -0.2) is 31.4 Å². The van der Waals surface area contributed by atoms with E-state index in [9.17, 15) is 0 Å². The monoisotopic (exact) mass is 370 g/mol. The van der Waals surface area contributed by atoms with Crippen molar-refractivity contribution in [1.29, 1.82) is 0 Å². The molecular formula is C19H22N4S2. The number of thioether (sulfide) groups is 2. The smallest absolute Gasteiger partial charge is 0.166 e. The van der Waals surface area contributed by atoms with Crippen LogP contribution in [-0.2, 0) is 0 Å². The van der Waals surface area contributed by atoms with Crippen LogP contribution in [0.4, 0.5) is 0 Å². The molecule has 0 saturated carbocycles. The Hall–Kier alpha value is -1.92. The number of H-pyrrole nitrogens is 2. The van der Waals surface area contributed by atoms with Gasteiger partial charge in [0.15, 0.2) is 10.3 Å². The van der Waals surface area contributed by atoms with Gasteiger partial charge in [-0.3, -0.25) is 0 Å². The van der Waals surface area contributed by atoms with Crippen molar-refractivity contribution in [2.75, 3.05) is 11.5 Å². The van der Waals surface area contributed by atoms with Gasteiger partial charge >= 0.3 is 0 Å². The van der Waals surface area contributed by atoms with E-state index in [0.29, 0.717) is 0 Å². The highest BCUT2D eigenvalue weighted by molar-refractivity contribution is 7.99.